The molecule has 1 atom stereocenters. The summed E-state index contributed by atoms with van der Waals surface area (Å²) >= 11 is 6.50. The summed E-state index contributed by atoms with van der Waals surface area (Å²) in [4.78, 5) is 29.3. The highest BCUT2D eigenvalue weighted by Crippen LogP contribution is 2.24. The van der Waals surface area contributed by atoms with Crippen LogP contribution in [0, 0.1) is 13.8 Å². The molecule has 0 bridgehead atoms. The minimum atomic E-state index is -3.58. The van der Waals surface area contributed by atoms with E-state index in [2.05, 4.69) is 5.32 Å². The van der Waals surface area contributed by atoms with E-state index >= 15 is 0 Å². The fourth-order valence-electron chi connectivity index (χ4n) is 4.70. The van der Waals surface area contributed by atoms with Gasteiger partial charge in [0.2, 0.25) is 21.8 Å². The Morgan fingerprint density at radius 3 is 2.17 bits per heavy atom. The molecule has 0 aliphatic heterocycles. The molecule has 0 aliphatic rings. The van der Waals surface area contributed by atoms with Crippen LogP contribution in [0.25, 0.3) is 0 Å². The summed E-state index contributed by atoms with van der Waals surface area (Å²) in [6.45, 7) is 9.87. The first-order valence-corrected chi connectivity index (χ1v) is 16.3. The Balaban J connectivity index is 1.92. The number of carbonyl (C=O) groups is 2. The SMILES string of the molecule is Cc1ccc(N(CCCC(=O)N(Cc2ccccc2Cl)[C@@H](Cc2ccccc2)C(=O)NC(C)(C)C)S(C)(=O)=O)cc1C. The average Bonchev–Trinajstić information content (AvgIpc) is 2.90. The van der Waals surface area contributed by atoms with E-state index in [0.29, 0.717) is 17.1 Å². The largest absolute Gasteiger partial charge is 0.350 e. The molecule has 0 heterocycles. The van der Waals surface area contributed by atoms with Gasteiger partial charge in [0.25, 0.3) is 0 Å². The van der Waals surface area contributed by atoms with Gasteiger partial charge in [-0.25, -0.2) is 8.42 Å². The number of carbonyl (C=O) groups excluding carboxylic acids is 2. The predicted octanol–water partition coefficient (Wildman–Crippen LogP) is 6.06. The number of hydrogen-bond donors (Lipinski definition) is 1. The van der Waals surface area contributed by atoms with E-state index in [1.54, 1.807) is 17.0 Å². The molecule has 0 radical (unpaired) electrons. The summed E-state index contributed by atoms with van der Waals surface area (Å²) in [5.74, 6) is -0.520. The number of aryl methyl sites for hydroxylation is 2. The van der Waals surface area contributed by atoms with Crippen molar-refractivity contribution in [1.29, 1.82) is 0 Å². The van der Waals surface area contributed by atoms with Crippen molar-refractivity contribution in [3.63, 3.8) is 0 Å². The van der Waals surface area contributed by atoms with Gasteiger partial charge in [-0.2, -0.15) is 0 Å². The van der Waals surface area contributed by atoms with Crippen molar-refractivity contribution in [2.45, 2.75) is 72.0 Å². The maximum Gasteiger partial charge on any atom is 0.243 e. The van der Waals surface area contributed by atoms with Gasteiger partial charge in [-0.3, -0.25) is 13.9 Å². The summed E-state index contributed by atoms with van der Waals surface area (Å²) in [6, 6.07) is 21.6. The fraction of sp³-hybridized carbons (Fsp3) is 0.394. The first-order valence-electron chi connectivity index (χ1n) is 14.1. The minimum Gasteiger partial charge on any atom is -0.350 e. The Kier molecular flexibility index (Phi) is 11.2. The second-order valence-corrected chi connectivity index (χ2v) is 14.1. The van der Waals surface area contributed by atoms with Crippen LogP contribution in [-0.2, 0) is 32.6 Å². The van der Waals surface area contributed by atoms with E-state index < -0.39 is 21.6 Å². The number of anilines is 1. The molecule has 3 aromatic carbocycles. The normalized spacial score (nSPS) is 12.5. The topological polar surface area (TPSA) is 86.8 Å². The molecule has 0 fully saturated rings. The number of benzene rings is 3. The molecule has 42 heavy (non-hydrogen) atoms. The lowest BCUT2D eigenvalue weighted by atomic mass is 10.00. The standard InChI is InChI=1S/C33H42ClN3O4S/c1-24-18-19-28(21-25(24)2)37(42(6,40)41)20-12-17-31(38)36(23-27-15-10-11-16-29(27)34)30(32(39)35-33(3,4)5)22-26-13-8-7-9-14-26/h7-11,13-16,18-19,21,30H,12,17,20,22-23H2,1-6H3,(H,35,39)/t30-/m0/s1. The Morgan fingerprint density at radius 1 is 0.929 bits per heavy atom. The van der Waals surface area contributed by atoms with Crippen LogP contribution in [0.3, 0.4) is 0 Å². The molecule has 0 spiro atoms. The molecule has 0 aromatic heterocycles. The molecule has 0 unspecified atom stereocenters. The molecule has 9 heteroatoms. The van der Waals surface area contributed by atoms with E-state index in [9.17, 15) is 18.0 Å². The maximum atomic E-state index is 14.0. The highest BCUT2D eigenvalue weighted by molar-refractivity contribution is 7.92. The number of nitrogens with one attached hydrogen (secondary N) is 1. The van der Waals surface area contributed by atoms with Crippen LogP contribution < -0.4 is 9.62 Å². The highest BCUT2D eigenvalue weighted by atomic mass is 35.5. The molecular formula is C33H42ClN3O4S. The molecular weight excluding hydrogens is 570 g/mol. The zero-order valence-corrected chi connectivity index (χ0v) is 26.9. The zero-order chi connectivity index (χ0) is 31.1. The summed E-state index contributed by atoms with van der Waals surface area (Å²) in [7, 11) is -3.58. The van der Waals surface area contributed by atoms with Crippen LogP contribution in [0.1, 0.15) is 55.9 Å². The van der Waals surface area contributed by atoms with Gasteiger partial charge in [0.15, 0.2) is 0 Å². The van der Waals surface area contributed by atoms with Crippen molar-refractivity contribution in [2.24, 2.45) is 0 Å². The number of halogens is 1. The van der Waals surface area contributed by atoms with Gasteiger partial charge >= 0.3 is 0 Å². The number of hydrogen-bond acceptors (Lipinski definition) is 4. The third-order valence-corrected chi connectivity index (χ3v) is 8.56. The Hall–Kier alpha value is -3.36. The minimum absolute atomic E-state index is 0.0510. The molecule has 7 nitrogen and oxygen atoms in total. The lowest BCUT2D eigenvalue weighted by Crippen LogP contribution is -2.54. The number of nitrogens with zero attached hydrogens (tertiary/aromatic N) is 2. The second-order valence-electron chi connectivity index (χ2n) is 11.8. The molecule has 226 valence electrons. The Bertz CT molecular complexity index is 1490. The Morgan fingerprint density at radius 2 is 1.57 bits per heavy atom. The van der Waals surface area contributed by atoms with Crippen LogP contribution >= 0.6 is 11.6 Å². The monoisotopic (exact) mass is 611 g/mol. The van der Waals surface area contributed by atoms with Crippen molar-refractivity contribution in [2.75, 3.05) is 17.1 Å². The number of rotatable bonds is 12. The number of sulfonamides is 1. The molecule has 2 amide bonds. The van der Waals surface area contributed by atoms with Crippen LogP contribution in [0.2, 0.25) is 5.02 Å². The quantitative estimate of drug-likeness (QED) is 0.270. The van der Waals surface area contributed by atoms with Gasteiger partial charge in [0, 0.05) is 36.5 Å². The first kappa shape index (κ1) is 33.1. The van der Waals surface area contributed by atoms with Crippen molar-refractivity contribution >= 4 is 39.1 Å². The summed E-state index contributed by atoms with van der Waals surface area (Å²) in [5.41, 5.74) is 3.75. The summed E-state index contributed by atoms with van der Waals surface area (Å²) < 4.78 is 26.8. The van der Waals surface area contributed by atoms with E-state index in [1.807, 2.05) is 95.3 Å². The van der Waals surface area contributed by atoms with E-state index in [0.717, 1.165) is 22.3 Å². The predicted molar refractivity (Wildman–Crippen MR) is 171 cm³/mol. The van der Waals surface area contributed by atoms with Crippen LogP contribution in [0.5, 0.6) is 0 Å². The highest BCUT2D eigenvalue weighted by Gasteiger charge is 2.32. The average molecular weight is 612 g/mol. The third-order valence-electron chi connectivity index (χ3n) is 7.00. The first-order chi connectivity index (χ1) is 19.7. The van der Waals surface area contributed by atoms with E-state index in [4.69, 9.17) is 11.6 Å². The molecule has 0 saturated heterocycles. The van der Waals surface area contributed by atoms with Gasteiger partial charge in [-0.15, -0.1) is 0 Å². The molecule has 0 saturated carbocycles. The van der Waals surface area contributed by atoms with Crippen molar-refractivity contribution < 1.29 is 18.0 Å². The van der Waals surface area contributed by atoms with Crippen LogP contribution in [0.4, 0.5) is 5.69 Å². The molecule has 1 N–H and O–H groups in total. The lowest BCUT2D eigenvalue weighted by molar-refractivity contribution is -0.142. The third kappa shape index (κ3) is 9.60. The molecule has 3 rings (SSSR count). The summed E-state index contributed by atoms with van der Waals surface area (Å²) in [6.07, 6.45) is 1.81. The van der Waals surface area contributed by atoms with Gasteiger partial charge in [0.1, 0.15) is 6.04 Å². The van der Waals surface area contributed by atoms with Crippen LogP contribution in [-0.4, -0.2) is 49.5 Å². The number of amides is 2. The molecule has 3 aromatic rings. The van der Waals surface area contributed by atoms with E-state index in [-0.39, 0.29) is 37.7 Å². The summed E-state index contributed by atoms with van der Waals surface area (Å²) in [5, 5.41) is 3.55. The second kappa shape index (κ2) is 14.2. The van der Waals surface area contributed by atoms with Crippen molar-refractivity contribution in [3.8, 4) is 0 Å². The van der Waals surface area contributed by atoms with Crippen molar-refractivity contribution in [3.05, 3.63) is 100 Å². The maximum absolute atomic E-state index is 14.0. The van der Waals surface area contributed by atoms with Gasteiger partial charge in [-0.05, 0) is 81.5 Å². The Labute approximate surface area is 255 Å². The smallest absolute Gasteiger partial charge is 0.243 e. The van der Waals surface area contributed by atoms with E-state index in [1.165, 1.54) is 10.6 Å². The molecule has 0 aliphatic carbocycles. The zero-order valence-electron chi connectivity index (χ0n) is 25.4. The van der Waals surface area contributed by atoms with Gasteiger partial charge in [0.05, 0.1) is 11.9 Å². The fourth-order valence-corrected chi connectivity index (χ4v) is 5.85. The van der Waals surface area contributed by atoms with Crippen LogP contribution in [0.15, 0.2) is 72.8 Å². The van der Waals surface area contributed by atoms with Gasteiger partial charge < -0.3 is 10.2 Å². The van der Waals surface area contributed by atoms with Gasteiger partial charge in [-0.1, -0.05) is 66.2 Å². The lowest BCUT2D eigenvalue weighted by Gasteiger charge is -2.34. The van der Waals surface area contributed by atoms with Crippen molar-refractivity contribution in [1.82, 2.24) is 10.2 Å².